The van der Waals surface area contributed by atoms with Crippen LogP contribution < -0.4 is 15.8 Å². The van der Waals surface area contributed by atoms with E-state index >= 15 is 0 Å². The predicted molar refractivity (Wildman–Crippen MR) is 79.7 cm³/mol. The van der Waals surface area contributed by atoms with Crippen molar-refractivity contribution in [2.45, 2.75) is 0 Å². The van der Waals surface area contributed by atoms with Crippen LogP contribution in [-0.2, 0) is 0 Å². The van der Waals surface area contributed by atoms with Gasteiger partial charge < -0.3 is 15.8 Å². The lowest BCUT2D eigenvalue weighted by molar-refractivity contribution is 0.102. The molecule has 1 amide bonds. The van der Waals surface area contributed by atoms with Crippen LogP contribution in [-0.4, -0.2) is 13.0 Å². The number of carbonyl (C=O) groups is 1. The molecule has 19 heavy (non-hydrogen) atoms. The molecule has 0 fully saturated rings. The normalized spacial score (nSPS) is 10.3. The third-order valence-corrected chi connectivity index (χ3v) is 3.90. The number of hydrogen-bond acceptors (Lipinski definition) is 4. The molecule has 3 N–H and O–H groups in total. The fourth-order valence-electron chi connectivity index (χ4n) is 1.46. The molecule has 1 aromatic heterocycles. The summed E-state index contributed by atoms with van der Waals surface area (Å²) in [5, 5.41) is 2.68. The zero-order valence-electron chi connectivity index (χ0n) is 9.87. The Labute approximate surface area is 124 Å². The summed E-state index contributed by atoms with van der Waals surface area (Å²) >= 11 is 12.9. The SMILES string of the molecule is COc1ccc(N)c(NC(=O)c2cc(Cl)sc2Cl)c1. The summed E-state index contributed by atoms with van der Waals surface area (Å²) < 4.78 is 5.86. The van der Waals surface area contributed by atoms with Gasteiger partial charge in [-0.15, -0.1) is 11.3 Å². The van der Waals surface area contributed by atoms with Crippen molar-refractivity contribution in [3.05, 3.63) is 38.5 Å². The maximum absolute atomic E-state index is 12.1. The topological polar surface area (TPSA) is 64.3 Å². The Hall–Kier alpha value is -1.43. The quantitative estimate of drug-likeness (QED) is 0.844. The van der Waals surface area contributed by atoms with Gasteiger partial charge in [0.2, 0.25) is 0 Å². The molecule has 100 valence electrons. The van der Waals surface area contributed by atoms with Gasteiger partial charge in [-0.1, -0.05) is 23.2 Å². The molecule has 2 aromatic rings. The average molecular weight is 317 g/mol. The summed E-state index contributed by atoms with van der Waals surface area (Å²) in [4.78, 5) is 12.1. The van der Waals surface area contributed by atoms with Crippen molar-refractivity contribution in [2.24, 2.45) is 0 Å². The number of ether oxygens (including phenoxy) is 1. The molecule has 0 aliphatic rings. The highest BCUT2D eigenvalue weighted by atomic mass is 35.5. The molecule has 0 bridgehead atoms. The molecule has 2 rings (SSSR count). The molecule has 4 nitrogen and oxygen atoms in total. The molecule has 1 heterocycles. The molecule has 0 atom stereocenters. The summed E-state index contributed by atoms with van der Waals surface area (Å²) in [6, 6.07) is 6.51. The van der Waals surface area contributed by atoms with Gasteiger partial charge in [0.1, 0.15) is 10.1 Å². The Balaban J connectivity index is 2.26. The summed E-state index contributed by atoms with van der Waals surface area (Å²) in [5.41, 5.74) is 7.00. The molecule has 0 saturated heterocycles. The Morgan fingerprint density at radius 3 is 2.68 bits per heavy atom. The lowest BCUT2D eigenvalue weighted by Gasteiger charge is -2.09. The molecule has 0 spiro atoms. The van der Waals surface area contributed by atoms with Crippen LogP contribution in [0.3, 0.4) is 0 Å². The van der Waals surface area contributed by atoms with Gasteiger partial charge in [0, 0.05) is 6.07 Å². The van der Waals surface area contributed by atoms with Gasteiger partial charge >= 0.3 is 0 Å². The Bertz CT molecular complexity index is 628. The fourth-order valence-corrected chi connectivity index (χ4v) is 2.91. The minimum Gasteiger partial charge on any atom is -0.497 e. The number of thiophene rings is 1. The minimum atomic E-state index is -0.367. The van der Waals surface area contributed by atoms with Gasteiger partial charge in [0.05, 0.1) is 28.4 Å². The predicted octanol–water partition coefficient (Wildman–Crippen LogP) is 3.90. The van der Waals surface area contributed by atoms with Crippen molar-refractivity contribution in [3.63, 3.8) is 0 Å². The largest absolute Gasteiger partial charge is 0.497 e. The van der Waals surface area contributed by atoms with Crippen LogP contribution in [0.5, 0.6) is 5.75 Å². The number of carbonyl (C=O) groups excluding carboxylic acids is 1. The van der Waals surface area contributed by atoms with Crippen LogP contribution in [0.2, 0.25) is 8.67 Å². The van der Waals surface area contributed by atoms with Gasteiger partial charge in [-0.25, -0.2) is 0 Å². The first kappa shape index (κ1) is 14.0. The molecule has 0 saturated carbocycles. The second-order valence-electron chi connectivity index (χ2n) is 3.65. The van der Waals surface area contributed by atoms with Crippen molar-refractivity contribution in [1.82, 2.24) is 0 Å². The molecule has 1 aromatic carbocycles. The number of nitrogens with one attached hydrogen (secondary N) is 1. The third kappa shape index (κ3) is 3.12. The van der Waals surface area contributed by atoms with Crippen molar-refractivity contribution < 1.29 is 9.53 Å². The number of hydrogen-bond donors (Lipinski definition) is 2. The number of rotatable bonds is 3. The fraction of sp³-hybridized carbons (Fsp3) is 0.0833. The van der Waals surface area contributed by atoms with Crippen LogP contribution in [0.15, 0.2) is 24.3 Å². The van der Waals surface area contributed by atoms with E-state index in [1.807, 2.05) is 0 Å². The van der Waals surface area contributed by atoms with Crippen molar-refractivity contribution in [1.29, 1.82) is 0 Å². The first-order valence-corrected chi connectivity index (χ1v) is 6.78. The van der Waals surface area contributed by atoms with E-state index in [9.17, 15) is 4.79 Å². The standard InChI is InChI=1S/C12H10Cl2N2O2S/c1-18-6-2-3-8(15)9(4-6)16-12(17)7-5-10(13)19-11(7)14/h2-5H,15H2,1H3,(H,16,17). The number of nitrogens with two attached hydrogens (primary N) is 1. The van der Waals surface area contributed by atoms with Gasteiger partial charge in [0.25, 0.3) is 5.91 Å². The Kier molecular flexibility index (Phi) is 4.19. The Morgan fingerprint density at radius 2 is 2.11 bits per heavy atom. The summed E-state index contributed by atoms with van der Waals surface area (Å²) in [6.07, 6.45) is 0. The summed E-state index contributed by atoms with van der Waals surface area (Å²) in [6.45, 7) is 0. The molecule has 0 radical (unpaired) electrons. The van der Waals surface area contributed by atoms with Crippen molar-refractivity contribution in [3.8, 4) is 5.75 Å². The highest BCUT2D eigenvalue weighted by molar-refractivity contribution is 7.20. The van der Waals surface area contributed by atoms with E-state index in [0.29, 0.717) is 31.4 Å². The lowest BCUT2D eigenvalue weighted by atomic mass is 10.2. The van der Waals surface area contributed by atoms with Gasteiger partial charge in [0.15, 0.2) is 0 Å². The maximum atomic E-state index is 12.1. The van der Waals surface area contributed by atoms with E-state index in [0.717, 1.165) is 11.3 Å². The first-order chi connectivity index (χ1) is 9.01. The summed E-state index contributed by atoms with van der Waals surface area (Å²) in [7, 11) is 1.53. The van der Waals surface area contributed by atoms with E-state index in [-0.39, 0.29) is 5.91 Å². The zero-order chi connectivity index (χ0) is 14.0. The number of halogens is 2. The number of methoxy groups -OCH3 is 1. The molecule has 0 aliphatic carbocycles. The second kappa shape index (κ2) is 5.69. The lowest BCUT2D eigenvalue weighted by Crippen LogP contribution is -2.12. The minimum absolute atomic E-state index is 0.318. The number of anilines is 2. The van der Waals surface area contributed by atoms with Crippen LogP contribution in [0, 0.1) is 0 Å². The molecular weight excluding hydrogens is 307 g/mol. The molecule has 7 heteroatoms. The number of nitrogen functional groups attached to an aromatic ring is 1. The van der Waals surface area contributed by atoms with Crippen LogP contribution in [0.25, 0.3) is 0 Å². The van der Waals surface area contributed by atoms with Gasteiger partial charge in [-0.2, -0.15) is 0 Å². The highest BCUT2D eigenvalue weighted by Crippen LogP contribution is 2.32. The monoisotopic (exact) mass is 316 g/mol. The highest BCUT2D eigenvalue weighted by Gasteiger charge is 2.15. The molecular formula is C12H10Cl2N2O2S. The maximum Gasteiger partial charge on any atom is 0.258 e. The van der Waals surface area contributed by atoms with Gasteiger partial charge in [-0.3, -0.25) is 4.79 Å². The molecule has 0 aliphatic heterocycles. The first-order valence-electron chi connectivity index (χ1n) is 5.21. The van der Waals surface area contributed by atoms with Crippen LogP contribution in [0.1, 0.15) is 10.4 Å². The van der Waals surface area contributed by atoms with E-state index in [1.54, 1.807) is 18.2 Å². The zero-order valence-corrected chi connectivity index (χ0v) is 12.2. The van der Waals surface area contributed by atoms with E-state index < -0.39 is 0 Å². The number of amides is 1. The second-order valence-corrected chi connectivity index (χ2v) is 5.93. The smallest absolute Gasteiger partial charge is 0.258 e. The Morgan fingerprint density at radius 1 is 1.37 bits per heavy atom. The summed E-state index contributed by atoms with van der Waals surface area (Å²) in [5.74, 6) is 0.229. The van der Waals surface area contributed by atoms with E-state index in [4.69, 9.17) is 33.7 Å². The van der Waals surface area contributed by atoms with Crippen LogP contribution in [0.4, 0.5) is 11.4 Å². The van der Waals surface area contributed by atoms with Crippen LogP contribution >= 0.6 is 34.5 Å². The van der Waals surface area contributed by atoms with Crippen molar-refractivity contribution in [2.75, 3.05) is 18.2 Å². The van der Waals surface area contributed by atoms with Crippen molar-refractivity contribution >= 4 is 51.8 Å². The number of benzene rings is 1. The third-order valence-electron chi connectivity index (χ3n) is 2.41. The van der Waals surface area contributed by atoms with Gasteiger partial charge in [-0.05, 0) is 18.2 Å². The average Bonchev–Trinajstić information content (AvgIpc) is 2.71. The molecule has 0 unspecified atom stereocenters. The van der Waals surface area contributed by atoms with E-state index in [1.165, 1.54) is 13.2 Å². The van der Waals surface area contributed by atoms with E-state index in [2.05, 4.69) is 5.32 Å².